The van der Waals surface area contributed by atoms with Crippen LogP contribution < -0.4 is 0 Å². The summed E-state index contributed by atoms with van der Waals surface area (Å²) in [6.45, 7) is 0. The van der Waals surface area contributed by atoms with Crippen LogP contribution in [0.15, 0.2) is 17.0 Å². The molecule has 0 saturated carbocycles. The van der Waals surface area contributed by atoms with Gasteiger partial charge in [-0.1, -0.05) is 11.6 Å². The summed E-state index contributed by atoms with van der Waals surface area (Å²) in [5.74, 6) is -2.11. The number of hydrogen-bond donors (Lipinski definition) is 1. The maximum atomic E-state index is 11.2. The number of esters is 2. The molecule has 1 N–H and O–H groups in total. The molecule has 1 aromatic carbocycles. The molecule has 0 fully saturated rings. The van der Waals surface area contributed by atoms with Gasteiger partial charge in [-0.3, -0.25) is 4.55 Å². The Balaban J connectivity index is 2.91. The second kappa shape index (κ2) is 3.27. The number of fused-ring (bicyclic) bond motifs is 1. The van der Waals surface area contributed by atoms with Crippen molar-refractivity contribution in [3.63, 3.8) is 0 Å². The van der Waals surface area contributed by atoms with Gasteiger partial charge in [0, 0.05) is 0 Å². The van der Waals surface area contributed by atoms with Crippen molar-refractivity contribution in [2.24, 2.45) is 0 Å². The molecule has 0 aromatic heterocycles. The van der Waals surface area contributed by atoms with Crippen molar-refractivity contribution < 1.29 is 27.3 Å². The molecule has 1 aromatic rings. The molecular weight excluding hydrogens is 260 g/mol. The Morgan fingerprint density at radius 1 is 1.19 bits per heavy atom. The van der Waals surface area contributed by atoms with Crippen molar-refractivity contribution in [3.05, 3.63) is 28.3 Å². The topological polar surface area (TPSA) is 97.7 Å². The van der Waals surface area contributed by atoms with Gasteiger partial charge in [0.25, 0.3) is 10.1 Å². The molecule has 8 heteroatoms. The number of hydrogen-bond acceptors (Lipinski definition) is 5. The monoisotopic (exact) mass is 262 g/mol. The molecular formula is C8H3ClO6S. The van der Waals surface area contributed by atoms with E-state index in [4.69, 9.17) is 16.2 Å². The molecule has 0 spiro atoms. The van der Waals surface area contributed by atoms with Crippen LogP contribution in [0.25, 0.3) is 0 Å². The lowest BCUT2D eigenvalue weighted by molar-refractivity contribution is 0.0442. The minimum Gasteiger partial charge on any atom is -0.386 e. The predicted molar refractivity (Wildman–Crippen MR) is 51.0 cm³/mol. The third-order valence-electron chi connectivity index (χ3n) is 1.98. The van der Waals surface area contributed by atoms with Crippen LogP contribution in [-0.4, -0.2) is 24.9 Å². The Morgan fingerprint density at radius 2 is 1.81 bits per heavy atom. The van der Waals surface area contributed by atoms with Gasteiger partial charge in [-0.2, -0.15) is 8.42 Å². The zero-order valence-electron chi connectivity index (χ0n) is 7.43. The van der Waals surface area contributed by atoms with Crippen molar-refractivity contribution in [2.75, 3.05) is 0 Å². The van der Waals surface area contributed by atoms with Crippen molar-refractivity contribution in [1.29, 1.82) is 0 Å². The summed E-state index contributed by atoms with van der Waals surface area (Å²) in [6, 6.07) is 2.24. The molecule has 0 saturated heterocycles. The second-order valence-electron chi connectivity index (χ2n) is 2.95. The van der Waals surface area contributed by atoms with Crippen LogP contribution in [-0.2, 0) is 14.9 Å². The highest BCUT2D eigenvalue weighted by Gasteiger charge is 2.37. The quantitative estimate of drug-likeness (QED) is 0.459. The molecule has 2 rings (SSSR count). The highest BCUT2D eigenvalue weighted by molar-refractivity contribution is 7.86. The number of cyclic esters (lactones) is 2. The smallest absolute Gasteiger partial charge is 0.348 e. The highest BCUT2D eigenvalue weighted by atomic mass is 35.5. The first-order valence-corrected chi connectivity index (χ1v) is 5.70. The van der Waals surface area contributed by atoms with Crippen LogP contribution in [0.5, 0.6) is 0 Å². The van der Waals surface area contributed by atoms with Gasteiger partial charge in [0.05, 0.1) is 16.1 Å². The normalized spacial score (nSPS) is 14.9. The van der Waals surface area contributed by atoms with Crippen molar-refractivity contribution in [2.45, 2.75) is 4.90 Å². The van der Waals surface area contributed by atoms with E-state index in [2.05, 4.69) is 4.74 Å². The van der Waals surface area contributed by atoms with E-state index in [1.165, 1.54) is 0 Å². The molecule has 0 atom stereocenters. The minimum atomic E-state index is -4.70. The minimum absolute atomic E-state index is 0.234. The number of carbonyl (C=O) groups is 2. The number of halogens is 1. The van der Waals surface area contributed by atoms with Gasteiger partial charge in [0.15, 0.2) is 0 Å². The maximum absolute atomic E-state index is 11.2. The van der Waals surface area contributed by atoms with Crippen LogP contribution in [0.2, 0.25) is 5.02 Å². The van der Waals surface area contributed by atoms with Crippen LogP contribution in [0.4, 0.5) is 0 Å². The molecule has 0 radical (unpaired) electrons. The Hall–Kier alpha value is -1.44. The summed E-state index contributed by atoms with van der Waals surface area (Å²) in [5, 5.41) is -0.354. The van der Waals surface area contributed by atoms with E-state index in [0.717, 1.165) is 12.1 Å². The number of ether oxygens (including phenoxy) is 1. The Bertz CT molecular complexity index is 618. The summed E-state index contributed by atoms with van der Waals surface area (Å²) in [4.78, 5) is 21.5. The van der Waals surface area contributed by atoms with Gasteiger partial charge >= 0.3 is 11.9 Å². The highest BCUT2D eigenvalue weighted by Crippen LogP contribution is 2.32. The van der Waals surface area contributed by atoms with Crippen LogP contribution in [0.3, 0.4) is 0 Å². The molecule has 0 aliphatic carbocycles. The molecule has 1 aliphatic rings. The Kier molecular flexibility index (Phi) is 2.26. The average molecular weight is 263 g/mol. The van der Waals surface area contributed by atoms with E-state index in [1.54, 1.807) is 0 Å². The lowest BCUT2D eigenvalue weighted by Gasteiger charge is -2.03. The summed E-state index contributed by atoms with van der Waals surface area (Å²) in [7, 11) is -4.70. The lowest BCUT2D eigenvalue weighted by atomic mass is 10.1. The molecule has 1 aliphatic heterocycles. The average Bonchev–Trinajstić information content (AvgIpc) is 2.40. The van der Waals surface area contributed by atoms with E-state index in [1.807, 2.05) is 0 Å². The van der Waals surface area contributed by atoms with Gasteiger partial charge in [0.2, 0.25) is 0 Å². The first kappa shape index (κ1) is 11.1. The zero-order valence-corrected chi connectivity index (χ0v) is 9.00. The molecule has 84 valence electrons. The van der Waals surface area contributed by atoms with Crippen molar-refractivity contribution in [1.82, 2.24) is 0 Å². The fraction of sp³-hybridized carbons (Fsp3) is 0. The first-order chi connectivity index (χ1) is 7.32. The Labute approximate surface area is 94.5 Å². The number of carbonyl (C=O) groups excluding carboxylic acids is 2. The summed E-state index contributed by atoms with van der Waals surface area (Å²) >= 11 is 5.55. The van der Waals surface area contributed by atoms with E-state index in [9.17, 15) is 18.0 Å². The van der Waals surface area contributed by atoms with Gasteiger partial charge < -0.3 is 4.74 Å². The summed E-state index contributed by atoms with van der Waals surface area (Å²) < 4.78 is 35.2. The summed E-state index contributed by atoms with van der Waals surface area (Å²) in [5.41, 5.74) is -0.762. The zero-order chi connectivity index (χ0) is 12.1. The molecule has 0 unspecified atom stereocenters. The van der Waals surface area contributed by atoms with Crippen LogP contribution in [0.1, 0.15) is 20.7 Å². The van der Waals surface area contributed by atoms with E-state index in [-0.39, 0.29) is 10.6 Å². The van der Waals surface area contributed by atoms with Gasteiger partial charge in [-0.15, -0.1) is 0 Å². The molecule has 1 heterocycles. The van der Waals surface area contributed by atoms with Gasteiger partial charge in [-0.25, -0.2) is 9.59 Å². The Morgan fingerprint density at radius 3 is 2.38 bits per heavy atom. The lowest BCUT2D eigenvalue weighted by Crippen LogP contribution is -2.07. The molecule has 0 bridgehead atoms. The first-order valence-electron chi connectivity index (χ1n) is 3.89. The van der Waals surface area contributed by atoms with E-state index < -0.39 is 32.5 Å². The maximum Gasteiger partial charge on any atom is 0.348 e. The standard InChI is InChI=1S/C8H3ClO6S/c9-4-2-1-3-5(6(4)16(12,13)14)8(11)15-7(3)10/h1-2H,(H,12,13,14). The third kappa shape index (κ3) is 1.49. The van der Waals surface area contributed by atoms with Gasteiger partial charge in [0.1, 0.15) is 4.90 Å². The third-order valence-corrected chi connectivity index (χ3v) is 3.34. The predicted octanol–water partition coefficient (Wildman–Crippen LogP) is 0.897. The number of rotatable bonds is 1. The molecule has 16 heavy (non-hydrogen) atoms. The second-order valence-corrected chi connectivity index (χ2v) is 4.72. The SMILES string of the molecule is O=C1OC(=O)c2c1ccc(Cl)c2S(=O)(=O)O. The van der Waals surface area contributed by atoms with Gasteiger partial charge in [-0.05, 0) is 12.1 Å². The number of benzene rings is 1. The molecule has 6 nitrogen and oxygen atoms in total. The largest absolute Gasteiger partial charge is 0.386 e. The fourth-order valence-corrected chi connectivity index (χ4v) is 2.59. The van der Waals surface area contributed by atoms with Crippen LogP contribution >= 0.6 is 11.6 Å². The van der Waals surface area contributed by atoms with E-state index >= 15 is 0 Å². The van der Waals surface area contributed by atoms with Crippen molar-refractivity contribution in [3.8, 4) is 0 Å². The molecule has 0 amide bonds. The van der Waals surface area contributed by atoms with Crippen LogP contribution in [0, 0.1) is 0 Å². The van der Waals surface area contributed by atoms with Crippen molar-refractivity contribution >= 4 is 33.7 Å². The summed E-state index contributed by atoms with van der Waals surface area (Å²) in [6.07, 6.45) is 0. The van der Waals surface area contributed by atoms with E-state index in [0.29, 0.717) is 0 Å². The fourth-order valence-electron chi connectivity index (χ4n) is 1.37.